The Morgan fingerprint density at radius 1 is 1.44 bits per heavy atom. The van der Waals surface area contributed by atoms with E-state index in [0.29, 0.717) is 11.8 Å². The van der Waals surface area contributed by atoms with Gasteiger partial charge in [-0.25, -0.2) is 4.98 Å². The molecule has 1 rings (SSSR count). The number of rotatable bonds is 6. The van der Waals surface area contributed by atoms with Gasteiger partial charge in [-0.15, -0.1) is 0 Å². The monoisotopic (exact) mass is 306 g/mol. The highest BCUT2D eigenvalue weighted by atomic mass is 79.9. The molecular weight excluding hydrogens is 291 g/mol. The van der Waals surface area contributed by atoms with E-state index >= 15 is 0 Å². The molecule has 0 aliphatic rings. The van der Waals surface area contributed by atoms with Gasteiger partial charge >= 0.3 is 0 Å². The van der Waals surface area contributed by atoms with Crippen LogP contribution in [0.5, 0.6) is 5.75 Å². The first kappa shape index (κ1) is 13.7. The molecule has 0 radical (unpaired) electrons. The molecule has 0 spiro atoms. The maximum atomic E-state index is 5.78. The Kier molecular flexibility index (Phi) is 6.09. The van der Waals surface area contributed by atoms with Crippen LogP contribution in [0.2, 0.25) is 5.15 Å². The minimum absolute atomic E-state index is 0.458. The van der Waals surface area contributed by atoms with Gasteiger partial charge in [0.2, 0.25) is 0 Å². The van der Waals surface area contributed by atoms with E-state index in [0.717, 1.165) is 29.6 Å². The molecule has 5 heteroatoms. The van der Waals surface area contributed by atoms with E-state index in [1.807, 2.05) is 6.07 Å². The Morgan fingerprint density at radius 2 is 2.19 bits per heavy atom. The summed E-state index contributed by atoms with van der Waals surface area (Å²) in [5.41, 5.74) is 0. The number of aromatic nitrogens is 1. The molecule has 1 aromatic rings. The first-order valence-corrected chi connectivity index (χ1v) is 6.35. The average Bonchev–Trinajstić information content (AvgIpc) is 2.22. The fourth-order valence-electron chi connectivity index (χ4n) is 1.20. The predicted octanol–water partition coefficient (Wildman–Crippen LogP) is 3.22. The van der Waals surface area contributed by atoms with E-state index in [9.17, 15) is 0 Å². The second-order valence-corrected chi connectivity index (χ2v) is 5.01. The molecule has 0 bridgehead atoms. The van der Waals surface area contributed by atoms with Crippen LogP contribution in [-0.2, 0) is 0 Å². The van der Waals surface area contributed by atoms with Gasteiger partial charge in [0, 0.05) is 0 Å². The quantitative estimate of drug-likeness (QED) is 0.596. The molecule has 0 atom stereocenters. The highest BCUT2D eigenvalue weighted by Crippen LogP contribution is 2.24. The first-order valence-electron chi connectivity index (χ1n) is 5.18. The topological polar surface area (TPSA) is 25.4 Å². The summed E-state index contributed by atoms with van der Waals surface area (Å²) in [7, 11) is 4.14. The molecule has 3 nitrogen and oxygen atoms in total. The van der Waals surface area contributed by atoms with Crippen molar-refractivity contribution >= 4 is 27.5 Å². The van der Waals surface area contributed by atoms with Crippen molar-refractivity contribution in [2.24, 2.45) is 0 Å². The van der Waals surface area contributed by atoms with Gasteiger partial charge in [0.1, 0.15) is 10.9 Å². The lowest BCUT2D eigenvalue weighted by Crippen LogP contribution is -2.13. The van der Waals surface area contributed by atoms with E-state index in [4.69, 9.17) is 16.3 Å². The molecule has 0 unspecified atom stereocenters. The SMILES string of the molecule is CN(C)CCCCOc1cnc(Cl)c(Br)c1. The Bertz CT molecular complexity index is 334. The number of nitrogens with zero attached hydrogens (tertiary/aromatic N) is 2. The first-order chi connectivity index (χ1) is 7.59. The van der Waals surface area contributed by atoms with Crippen LogP contribution in [-0.4, -0.2) is 37.1 Å². The Balaban J connectivity index is 2.24. The smallest absolute Gasteiger partial charge is 0.143 e. The molecule has 1 heterocycles. The van der Waals surface area contributed by atoms with E-state index in [2.05, 4.69) is 39.9 Å². The van der Waals surface area contributed by atoms with E-state index in [1.54, 1.807) is 6.20 Å². The second kappa shape index (κ2) is 7.09. The minimum atomic E-state index is 0.458. The summed E-state index contributed by atoms with van der Waals surface area (Å²) in [5.74, 6) is 0.751. The predicted molar refractivity (Wildman–Crippen MR) is 70.2 cm³/mol. The summed E-state index contributed by atoms with van der Waals surface area (Å²) < 4.78 is 6.32. The Hall–Kier alpha value is -0.320. The number of ether oxygens (including phenoxy) is 1. The lowest BCUT2D eigenvalue weighted by Gasteiger charge is -2.09. The molecule has 0 saturated carbocycles. The van der Waals surface area contributed by atoms with Gasteiger partial charge in [-0.05, 0) is 55.5 Å². The number of halogens is 2. The molecule has 16 heavy (non-hydrogen) atoms. The molecule has 90 valence electrons. The van der Waals surface area contributed by atoms with Gasteiger partial charge in [0.25, 0.3) is 0 Å². The second-order valence-electron chi connectivity index (χ2n) is 3.80. The van der Waals surface area contributed by atoms with Crippen molar-refractivity contribution in [1.29, 1.82) is 0 Å². The number of hydrogen-bond donors (Lipinski definition) is 0. The van der Waals surface area contributed by atoms with Gasteiger partial charge in [0.05, 0.1) is 17.3 Å². The lowest BCUT2D eigenvalue weighted by molar-refractivity contribution is 0.292. The summed E-state index contributed by atoms with van der Waals surface area (Å²) in [6.45, 7) is 1.80. The summed E-state index contributed by atoms with van der Waals surface area (Å²) in [5, 5.41) is 0.458. The van der Waals surface area contributed by atoms with Crippen LogP contribution >= 0.6 is 27.5 Å². The zero-order valence-electron chi connectivity index (χ0n) is 9.54. The molecule has 0 saturated heterocycles. The van der Waals surface area contributed by atoms with Crippen LogP contribution in [0, 0.1) is 0 Å². The van der Waals surface area contributed by atoms with Crippen LogP contribution in [0.3, 0.4) is 0 Å². The van der Waals surface area contributed by atoms with Crippen molar-refractivity contribution in [2.45, 2.75) is 12.8 Å². The van der Waals surface area contributed by atoms with Crippen LogP contribution < -0.4 is 4.74 Å². The highest BCUT2D eigenvalue weighted by molar-refractivity contribution is 9.10. The third-order valence-electron chi connectivity index (χ3n) is 2.04. The van der Waals surface area contributed by atoms with Crippen molar-refractivity contribution in [3.05, 3.63) is 21.9 Å². The maximum absolute atomic E-state index is 5.78. The van der Waals surface area contributed by atoms with Crippen molar-refractivity contribution in [1.82, 2.24) is 9.88 Å². The number of pyridine rings is 1. The van der Waals surface area contributed by atoms with Crippen LogP contribution in [0.4, 0.5) is 0 Å². The third kappa shape index (κ3) is 5.14. The molecule has 0 aliphatic carbocycles. The normalized spacial score (nSPS) is 10.8. The summed E-state index contributed by atoms with van der Waals surface area (Å²) in [6, 6.07) is 1.83. The van der Waals surface area contributed by atoms with Crippen LogP contribution in [0.1, 0.15) is 12.8 Å². The van der Waals surface area contributed by atoms with Crippen LogP contribution in [0.15, 0.2) is 16.7 Å². The Morgan fingerprint density at radius 3 is 2.81 bits per heavy atom. The van der Waals surface area contributed by atoms with Crippen molar-refractivity contribution in [2.75, 3.05) is 27.2 Å². The van der Waals surface area contributed by atoms with E-state index < -0.39 is 0 Å². The summed E-state index contributed by atoms with van der Waals surface area (Å²) in [6.07, 6.45) is 3.81. The fraction of sp³-hybridized carbons (Fsp3) is 0.545. The van der Waals surface area contributed by atoms with Gasteiger partial charge in [-0.2, -0.15) is 0 Å². The zero-order chi connectivity index (χ0) is 12.0. The molecular formula is C11H16BrClN2O. The minimum Gasteiger partial charge on any atom is -0.492 e. The van der Waals surface area contributed by atoms with Crippen molar-refractivity contribution < 1.29 is 4.74 Å². The molecule has 0 amide bonds. The van der Waals surface area contributed by atoms with Gasteiger partial charge in [-0.3, -0.25) is 0 Å². The van der Waals surface area contributed by atoms with Crippen molar-refractivity contribution in [3.8, 4) is 5.75 Å². The standard InChI is InChI=1S/C11H16BrClN2O/c1-15(2)5-3-4-6-16-9-7-10(12)11(13)14-8-9/h7-8H,3-6H2,1-2H3. The van der Waals surface area contributed by atoms with Gasteiger partial charge < -0.3 is 9.64 Å². The molecule has 1 aromatic heterocycles. The molecule has 0 N–H and O–H groups in total. The largest absolute Gasteiger partial charge is 0.492 e. The number of unbranched alkanes of at least 4 members (excludes halogenated alkanes) is 1. The third-order valence-corrected chi connectivity index (χ3v) is 3.17. The van der Waals surface area contributed by atoms with E-state index in [-0.39, 0.29) is 0 Å². The fourth-order valence-corrected chi connectivity index (χ4v) is 1.63. The Labute approximate surface area is 110 Å². The summed E-state index contributed by atoms with van der Waals surface area (Å²) in [4.78, 5) is 6.16. The summed E-state index contributed by atoms with van der Waals surface area (Å²) >= 11 is 9.09. The average molecular weight is 308 g/mol. The molecule has 0 aromatic carbocycles. The zero-order valence-corrected chi connectivity index (χ0v) is 11.9. The maximum Gasteiger partial charge on any atom is 0.143 e. The molecule has 0 aliphatic heterocycles. The number of hydrogen-bond acceptors (Lipinski definition) is 3. The van der Waals surface area contributed by atoms with Gasteiger partial charge in [-0.1, -0.05) is 11.6 Å². The van der Waals surface area contributed by atoms with Gasteiger partial charge in [0.15, 0.2) is 0 Å². The van der Waals surface area contributed by atoms with E-state index in [1.165, 1.54) is 0 Å². The van der Waals surface area contributed by atoms with Crippen LogP contribution in [0.25, 0.3) is 0 Å². The highest BCUT2D eigenvalue weighted by Gasteiger charge is 2.01. The molecule has 0 fully saturated rings. The lowest BCUT2D eigenvalue weighted by atomic mass is 10.3. The van der Waals surface area contributed by atoms with Crippen molar-refractivity contribution in [3.63, 3.8) is 0 Å².